The lowest BCUT2D eigenvalue weighted by Gasteiger charge is -2.33. The lowest BCUT2D eigenvalue weighted by Crippen LogP contribution is -2.45. The van der Waals surface area contributed by atoms with Crippen molar-refractivity contribution >= 4 is 23.0 Å². The molecule has 0 radical (unpaired) electrons. The van der Waals surface area contributed by atoms with E-state index in [-0.39, 0.29) is 12.0 Å². The van der Waals surface area contributed by atoms with Crippen LogP contribution in [0.5, 0.6) is 11.5 Å². The predicted molar refractivity (Wildman–Crippen MR) is 192 cm³/mol. The number of likely N-dealkylation sites (N-methyl/N-ethyl adjacent to an activating group) is 1. The van der Waals surface area contributed by atoms with Crippen LogP contribution in [0.15, 0.2) is 36.4 Å². The van der Waals surface area contributed by atoms with E-state index in [9.17, 15) is 9.59 Å². The second-order valence-electron chi connectivity index (χ2n) is 14.8. The Balaban J connectivity index is 1.40. The summed E-state index contributed by atoms with van der Waals surface area (Å²) in [7, 11) is 3.50. The molecule has 2 aliphatic heterocycles. The van der Waals surface area contributed by atoms with E-state index >= 15 is 0 Å². The Labute approximate surface area is 291 Å². The number of nitrogens with zero attached hydrogens (tertiary/aromatic N) is 3. The lowest BCUT2D eigenvalue weighted by atomic mass is 9.81. The number of fused-ring (bicyclic) bond motifs is 5. The predicted octanol–water partition coefficient (Wildman–Crippen LogP) is 6.83. The van der Waals surface area contributed by atoms with Gasteiger partial charge in [-0.2, -0.15) is 0 Å². The molecule has 1 amide bonds. The van der Waals surface area contributed by atoms with E-state index < -0.39 is 11.7 Å². The van der Waals surface area contributed by atoms with Gasteiger partial charge in [0.05, 0.1) is 24.4 Å². The third kappa shape index (κ3) is 8.18. The molecule has 2 fully saturated rings. The van der Waals surface area contributed by atoms with E-state index in [1.807, 2.05) is 39.0 Å². The van der Waals surface area contributed by atoms with Gasteiger partial charge in [-0.05, 0) is 102 Å². The number of carbonyl (C=O) groups is 2. The number of benzene rings is 2. The van der Waals surface area contributed by atoms with Crippen LogP contribution in [0.25, 0.3) is 22.2 Å². The molecule has 3 heterocycles. The van der Waals surface area contributed by atoms with Gasteiger partial charge >= 0.3 is 12.1 Å². The molecule has 1 aliphatic carbocycles. The largest absolute Gasteiger partial charge is 0.488 e. The number of rotatable bonds is 10. The summed E-state index contributed by atoms with van der Waals surface area (Å²) < 4.78 is 26.3. The zero-order chi connectivity index (χ0) is 34.5. The van der Waals surface area contributed by atoms with Gasteiger partial charge < -0.3 is 28.8 Å². The van der Waals surface area contributed by atoms with Crippen molar-refractivity contribution in [2.45, 2.75) is 89.8 Å². The number of aromatic nitrogens is 1. The van der Waals surface area contributed by atoms with E-state index in [2.05, 4.69) is 44.9 Å². The lowest BCUT2D eigenvalue weighted by molar-refractivity contribution is 0.0516. The summed E-state index contributed by atoms with van der Waals surface area (Å²) in [4.78, 5) is 29.9. The van der Waals surface area contributed by atoms with Crippen LogP contribution in [-0.2, 0) is 16.0 Å². The van der Waals surface area contributed by atoms with Crippen LogP contribution < -0.4 is 14.8 Å². The van der Waals surface area contributed by atoms with Crippen molar-refractivity contribution in [2.75, 3.05) is 60.1 Å². The SMILES string of the molecule is COC(=O)c1ccc2c(C3CCCCC3)c3n(c2c1)C[C@@H](N(C)CCNC(=O)OC(C)(C)C)COc1c(OCCN2CCCC2)cccc1-3. The number of ether oxygens (including phenoxy) is 4. The molecule has 1 saturated heterocycles. The highest BCUT2D eigenvalue weighted by atomic mass is 16.6. The van der Waals surface area contributed by atoms with Crippen molar-refractivity contribution in [1.82, 2.24) is 19.7 Å². The van der Waals surface area contributed by atoms with E-state index in [4.69, 9.17) is 18.9 Å². The fourth-order valence-electron chi connectivity index (χ4n) is 7.70. The van der Waals surface area contributed by atoms with Gasteiger partial charge in [0, 0.05) is 42.6 Å². The zero-order valence-corrected chi connectivity index (χ0v) is 30.0. The van der Waals surface area contributed by atoms with E-state index in [0.717, 1.165) is 60.7 Å². The Morgan fingerprint density at radius 2 is 1.82 bits per heavy atom. The first-order valence-corrected chi connectivity index (χ1v) is 18.2. The van der Waals surface area contributed by atoms with Gasteiger partial charge in [-0.3, -0.25) is 9.80 Å². The van der Waals surface area contributed by atoms with Gasteiger partial charge in [-0.15, -0.1) is 0 Å². The number of amides is 1. The normalized spacial score (nSPS) is 18.7. The number of carbonyl (C=O) groups excluding carboxylic acids is 2. The van der Waals surface area contributed by atoms with Crippen LogP contribution in [0.4, 0.5) is 4.79 Å². The van der Waals surface area contributed by atoms with E-state index in [1.165, 1.54) is 50.2 Å². The fraction of sp³-hybridized carbons (Fsp3) is 0.590. The van der Waals surface area contributed by atoms with Crippen LogP contribution >= 0.6 is 0 Å². The number of nitrogens with one attached hydrogen (secondary N) is 1. The van der Waals surface area contributed by atoms with Crippen molar-refractivity contribution in [3.63, 3.8) is 0 Å². The van der Waals surface area contributed by atoms with Gasteiger partial charge in [-0.25, -0.2) is 9.59 Å². The second kappa shape index (κ2) is 15.4. The average Bonchev–Trinajstić information content (AvgIpc) is 3.70. The number of para-hydroxylation sites is 1. The summed E-state index contributed by atoms with van der Waals surface area (Å²) in [6.45, 7) is 11.4. The second-order valence-corrected chi connectivity index (χ2v) is 14.8. The average molecular weight is 675 g/mol. The highest BCUT2D eigenvalue weighted by molar-refractivity contribution is 5.99. The number of methoxy groups -OCH3 is 1. The quantitative estimate of drug-likeness (QED) is 0.234. The molecular formula is C39H54N4O6. The molecular weight excluding hydrogens is 620 g/mol. The van der Waals surface area contributed by atoms with Crippen LogP contribution in [0.2, 0.25) is 0 Å². The number of hydrogen-bond donors (Lipinski definition) is 1. The molecule has 3 aliphatic rings. The summed E-state index contributed by atoms with van der Waals surface area (Å²) in [6, 6.07) is 12.2. The summed E-state index contributed by atoms with van der Waals surface area (Å²) in [5.74, 6) is 1.58. The van der Waals surface area contributed by atoms with Crippen molar-refractivity contribution < 1.29 is 28.5 Å². The molecule has 6 rings (SSSR count). The Morgan fingerprint density at radius 1 is 1.04 bits per heavy atom. The van der Waals surface area contributed by atoms with Gasteiger partial charge in [0.1, 0.15) is 18.8 Å². The van der Waals surface area contributed by atoms with Crippen molar-refractivity contribution in [2.24, 2.45) is 0 Å². The molecule has 10 nitrogen and oxygen atoms in total. The number of likely N-dealkylation sites (tertiary alicyclic amines) is 1. The maximum absolute atomic E-state index is 12.8. The first kappa shape index (κ1) is 35.1. The molecule has 2 aromatic carbocycles. The first-order chi connectivity index (χ1) is 23.6. The Morgan fingerprint density at radius 3 is 2.55 bits per heavy atom. The Hall–Kier alpha value is -3.76. The fourth-order valence-corrected chi connectivity index (χ4v) is 7.70. The Bertz CT molecular complexity index is 1620. The van der Waals surface area contributed by atoms with Crippen molar-refractivity contribution in [3.8, 4) is 22.8 Å². The minimum Gasteiger partial charge on any atom is -0.488 e. The summed E-state index contributed by atoms with van der Waals surface area (Å²) in [5, 5.41) is 4.08. The third-order valence-corrected chi connectivity index (χ3v) is 10.2. The minimum atomic E-state index is -0.560. The smallest absolute Gasteiger partial charge is 0.407 e. The van der Waals surface area contributed by atoms with Crippen molar-refractivity contribution in [3.05, 3.63) is 47.5 Å². The maximum Gasteiger partial charge on any atom is 0.407 e. The standard InChI is InChI=1S/C39H54N4O6/c1-39(2,3)49-38(45)40-18-21-41(4)29-25-43-32-24-28(37(44)46-5)16-17-30(32)34(27-12-7-6-8-13-27)35(43)31-14-11-15-33(36(31)48-26-29)47-23-22-42-19-9-10-20-42/h11,14-17,24,27,29H,6-10,12-13,18-23,25-26H2,1-5H3,(H,40,45)/t29-/m1/s1. The van der Waals surface area contributed by atoms with Crippen LogP contribution in [0.1, 0.15) is 87.6 Å². The van der Waals surface area contributed by atoms with Gasteiger partial charge in [0.15, 0.2) is 11.5 Å². The summed E-state index contributed by atoms with van der Waals surface area (Å²) in [6.07, 6.45) is 8.00. The summed E-state index contributed by atoms with van der Waals surface area (Å²) >= 11 is 0. The molecule has 1 saturated carbocycles. The highest BCUT2D eigenvalue weighted by Crippen LogP contribution is 2.49. The van der Waals surface area contributed by atoms with E-state index in [0.29, 0.717) is 44.3 Å². The maximum atomic E-state index is 12.8. The zero-order valence-electron chi connectivity index (χ0n) is 30.0. The van der Waals surface area contributed by atoms with Crippen molar-refractivity contribution in [1.29, 1.82) is 0 Å². The third-order valence-electron chi connectivity index (χ3n) is 10.2. The monoisotopic (exact) mass is 674 g/mol. The van der Waals surface area contributed by atoms with Gasteiger partial charge in [-0.1, -0.05) is 31.4 Å². The molecule has 1 atom stereocenters. The number of alkyl carbamates (subject to hydrolysis) is 1. The van der Waals surface area contributed by atoms with Crippen LogP contribution in [-0.4, -0.2) is 98.2 Å². The molecule has 1 aromatic heterocycles. The van der Waals surface area contributed by atoms with Gasteiger partial charge in [0.2, 0.25) is 0 Å². The molecule has 49 heavy (non-hydrogen) atoms. The van der Waals surface area contributed by atoms with Crippen LogP contribution in [0.3, 0.4) is 0 Å². The molecule has 266 valence electrons. The molecule has 3 aromatic rings. The van der Waals surface area contributed by atoms with Gasteiger partial charge in [0.25, 0.3) is 0 Å². The van der Waals surface area contributed by atoms with Crippen LogP contribution in [0, 0.1) is 0 Å². The number of hydrogen-bond acceptors (Lipinski definition) is 8. The summed E-state index contributed by atoms with van der Waals surface area (Å²) in [5.41, 5.74) is 4.51. The molecule has 0 spiro atoms. The van der Waals surface area contributed by atoms with E-state index in [1.54, 1.807) is 0 Å². The minimum absolute atomic E-state index is 0.0402. The molecule has 1 N–H and O–H groups in total. The molecule has 0 bridgehead atoms. The first-order valence-electron chi connectivity index (χ1n) is 18.2. The number of esters is 1. The topological polar surface area (TPSA) is 94.5 Å². The molecule has 0 unspecified atom stereocenters. The Kier molecular flexibility index (Phi) is 11.0. The molecule has 10 heteroatoms. The highest BCUT2D eigenvalue weighted by Gasteiger charge is 2.33.